The monoisotopic (exact) mass is 343 g/mol. The molecular weight excluding hydrogens is 324 g/mol. The summed E-state index contributed by atoms with van der Waals surface area (Å²) >= 11 is -2.31. The molecular formula is C17H19N4O2S-. The Balaban J connectivity index is 2.42. The van der Waals surface area contributed by atoms with Gasteiger partial charge in [0.2, 0.25) is 0 Å². The van der Waals surface area contributed by atoms with Gasteiger partial charge in [-0.2, -0.15) is 5.10 Å². The number of rotatable bonds is 3. The maximum Gasteiger partial charge on any atom is 0.0956 e. The molecule has 2 aromatic heterocycles. The molecule has 1 aromatic carbocycles. The van der Waals surface area contributed by atoms with Crippen molar-refractivity contribution in [2.45, 2.75) is 32.4 Å². The van der Waals surface area contributed by atoms with E-state index in [1.165, 1.54) is 0 Å². The molecule has 3 rings (SSSR count). The van der Waals surface area contributed by atoms with Crippen LogP contribution in [0, 0.1) is 13.8 Å². The number of hydrogen-bond donors (Lipinski definition) is 2. The van der Waals surface area contributed by atoms with E-state index < -0.39 is 15.8 Å². The number of nitrogens with zero attached hydrogens (tertiary/aromatic N) is 2. The minimum atomic E-state index is -2.31. The topological polar surface area (TPSA) is 108 Å². The average Bonchev–Trinajstić information content (AvgIpc) is 2.86. The van der Waals surface area contributed by atoms with Crippen molar-refractivity contribution in [3.05, 3.63) is 41.2 Å². The Bertz CT molecular complexity index is 963. The first-order chi connectivity index (χ1) is 11.2. The van der Waals surface area contributed by atoms with Gasteiger partial charge in [-0.3, -0.25) is 14.3 Å². The van der Waals surface area contributed by atoms with Gasteiger partial charge in [-0.05, 0) is 68.1 Å². The predicted octanol–water partition coefficient (Wildman–Crippen LogP) is 2.94. The molecule has 24 heavy (non-hydrogen) atoms. The first kappa shape index (κ1) is 16.6. The summed E-state index contributed by atoms with van der Waals surface area (Å²) in [7, 11) is 0. The van der Waals surface area contributed by atoms with Crippen LogP contribution >= 0.6 is 0 Å². The van der Waals surface area contributed by atoms with Gasteiger partial charge >= 0.3 is 0 Å². The highest BCUT2D eigenvalue weighted by Crippen LogP contribution is 2.39. The van der Waals surface area contributed by atoms with Crippen molar-refractivity contribution in [3.63, 3.8) is 0 Å². The Morgan fingerprint density at radius 3 is 2.58 bits per heavy atom. The van der Waals surface area contributed by atoms with Crippen LogP contribution in [0.5, 0.6) is 0 Å². The molecule has 3 aromatic rings. The number of benzene rings is 1. The van der Waals surface area contributed by atoms with Crippen molar-refractivity contribution in [1.29, 1.82) is 0 Å². The van der Waals surface area contributed by atoms with E-state index in [-0.39, 0.29) is 0 Å². The first-order valence-corrected chi connectivity index (χ1v) is 8.61. The highest BCUT2D eigenvalue weighted by Gasteiger charge is 2.28. The minimum Gasteiger partial charge on any atom is -0.772 e. The van der Waals surface area contributed by atoms with E-state index in [2.05, 4.69) is 15.2 Å². The summed E-state index contributed by atoms with van der Waals surface area (Å²) in [5, 5.41) is 8.05. The Kier molecular flexibility index (Phi) is 3.93. The molecule has 7 heteroatoms. The second-order valence-electron chi connectivity index (χ2n) is 6.38. The molecule has 6 nitrogen and oxygen atoms in total. The lowest BCUT2D eigenvalue weighted by molar-refractivity contribution is 0.500. The molecule has 0 saturated heterocycles. The number of nitrogens with one attached hydrogen (secondary N) is 1. The summed E-state index contributed by atoms with van der Waals surface area (Å²) in [5.41, 5.74) is 11.4. The van der Waals surface area contributed by atoms with Crippen molar-refractivity contribution in [2.24, 2.45) is 0 Å². The number of aromatic amines is 1. The van der Waals surface area contributed by atoms with Crippen LogP contribution in [0.3, 0.4) is 0 Å². The molecule has 0 spiro atoms. The van der Waals surface area contributed by atoms with E-state index in [4.69, 9.17) is 5.73 Å². The van der Waals surface area contributed by atoms with Gasteiger partial charge in [-0.1, -0.05) is 0 Å². The molecule has 0 bridgehead atoms. The third-order valence-corrected chi connectivity index (χ3v) is 5.54. The Hall–Kier alpha value is -2.25. The van der Waals surface area contributed by atoms with Gasteiger partial charge < -0.3 is 10.3 Å². The van der Waals surface area contributed by atoms with Crippen LogP contribution in [0.15, 0.2) is 24.4 Å². The van der Waals surface area contributed by atoms with Crippen LogP contribution in [-0.2, 0) is 15.8 Å². The number of H-pyrrole nitrogens is 1. The summed E-state index contributed by atoms with van der Waals surface area (Å²) in [6, 6.07) is 5.38. The average molecular weight is 343 g/mol. The fourth-order valence-corrected chi connectivity index (χ4v) is 3.09. The largest absolute Gasteiger partial charge is 0.772 e. The molecule has 0 aliphatic carbocycles. The molecule has 0 amide bonds. The lowest BCUT2D eigenvalue weighted by Crippen LogP contribution is -2.24. The number of hydrogen-bond acceptors (Lipinski definition) is 5. The van der Waals surface area contributed by atoms with E-state index in [9.17, 15) is 8.76 Å². The first-order valence-electron chi connectivity index (χ1n) is 7.53. The number of aryl methyl sites for hydroxylation is 1. The molecule has 126 valence electrons. The third kappa shape index (κ3) is 2.50. The number of fused-ring (bicyclic) bond motifs is 1. The standard InChI is InChI=1S/C17H20N4O2S/c1-9-10(2)20-21-16(9)11-8-15-12(14(18)5-6-19-15)7-13(11)17(3,4)24(22)23/h5-8H,1-4H3,(H2,18,19)(H,20,21)(H,22,23)/p-1. The van der Waals surface area contributed by atoms with Gasteiger partial charge in [-0.15, -0.1) is 0 Å². The van der Waals surface area contributed by atoms with Gasteiger partial charge in [0.25, 0.3) is 0 Å². The van der Waals surface area contributed by atoms with Crippen LogP contribution < -0.4 is 5.73 Å². The van der Waals surface area contributed by atoms with Crippen molar-refractivity contribution in [2.75, 3.05) is 5.73 Å². The number of nitrogen functional groups attached to an aromatic ring is 1. The molecule has 3 N–H and O–H groups in total. The zero-order valence-electron chi connectivity index (χ0n) is 14.0. The molecule has 0 saturated carbocycles. The van der Waals surface area contributed by atoms with Gasteiger partial charge in [0.15, 0.2) is 0 Å². The lowest BCUT2D eigenvalue weighted by Gasteiger charge is -2.30. The van der Waals surface area contributed by atoms with Crippen molar-refractivity contribution < 1.29 is 8.76 Å². The fourth-order valence-electron chi connectivity index (χ4n) is 2.75. The highest BCUT2D eigenvalue weighted by atomic mass is 32.2. The number of nitrogens with two attached hydrogens (primary N) is 1. The van der Waals surface area contributed by atoms with Crippen LogP contribution in [0.2, 0.25) is 0 Å². The molecule has 2 heterocycles. The third-order valence-electron chi connectivity index (χ3n) is 4.49. The summed E-state index contributed by atoms with van der Waals surface area (Å²) in [6.07, 6.45) is 1.64. The molecule has 1 atom stereocenters. The lowest BCUT2D eigenvalue weighted by atomic mass is 9.91. The Labute approximate surface area is 142 Å². The van der Waals surface area contributed by atoms with Crippen molar-refractivity contribution >= 4 is 27.7 Å². The van der Waals surface area contributed by atoms with Gasteiger partial charge in [0.1, 0.15) is 0 Å². The van der Waals surface area contributed by atoms with E-state index >= 15 is 0 Å². The summed E-state index contributed by atoms with van der Waals surface area (Å²) in [5.74, 6) is 0. The van der Waals surface area contributed by atoms with Crippen LogP contribution in [0.25, 0.3) is 22.2 Å². The number of aromatic nitrogens is 3. The SMILES string of the molecule is Cc1[nH]nc(-c2cc3nccc(N)c3cc2C(C)(C)S(=O)[O-])c1C. The predicted molar refractivity (Wildman–Crippen MR) is 95.2 cm³/mol. The summed E-state index contributed by atoms with van der Waals surface area (Å²) in [6.45, 7) is 7.22. The minimum absolute atomic E-state index is 0.565. The second kappa shape index (κ2) is 5.68. The van der Waals surface area contributed by atoms with Gasteiger partial charge in [-0.25, -0.2) is 0 Å². The smallest absolute Gasteiger partial charge is 0.0956 e. The quantitative estimate of drug-likeness (QED) is 0.711. The number of pyridine rings is 1. The van der Waals surface area contributed by atoms with E-state index in [1.807, 2.05) is 26.0 Å². The maximum absolute atomic E-state index is 11.8. The molecule has 0 aliphatic rings. The maximum atomic E-state index is 11.8. The van der Waals surface area contributed by atoms with Crippen LogP contribution in [-0.4, -0.2) is 23.9 Å². The zero-order valence-corrected chi connectivity index (χ0v) is 14.8. The Morgan fingerprint density at radius 1 is 1.29 bits per heavy atom. The van der Waals surface area contributed by atoms with Crippen molar-refractivity contribution in [3.8, 4) is 11.3 Å². The van der Waals surface area contributed by atoms with E-state index in [0.717, 1.165) is 27.9 Å². The molecule has 0 fully saturated rings. The fraction of sp³-hybridized carbons (Fsp3) is 0.294. The summed E-state index contributed by atoms with van der Waals surface area (Å²) < 4.78 is 22.6. The highest BCUT2D eigenvalue weighted by molar-refractivity contribution is 7.80. The molecule has 0 radical (unpaired) electrons. The van der Waals surface area contributed by atoms with Gasteiger partial charge in [0, 0.05) is 28.5 Å². The van der Waals surface area contributed by atoms with Gasteiger partial charge in [0.05, 0.1) is 16.0 Å². The Morgan fingerprint density at radius 2 is 2.00 bits per heavy atom. The van der Waals surface area contributed by atoms with E-state index in [1.54, 1.807) is 26.1 Å². The molecule has 0 aliphatic heterocycles. The van der Waals surface area contributed by atoms with Crippen LogP contribution in [0.1, 0.15) is 30.7 Å². The second-order valence-corrected chi connectivity index (χ2v) is 7.87. The number of anilines is 1. The zero-order chi connectivity index (χ0) is 17.6. The normalized spacial score (nSPS) is 13.4. The molecule has 1 unspecified atom stereocenters. The summed E-state index contributed by atoms with van der Waals surface area (Å²) in [4.78, 5) is 4.36. The van der Waals surface area contributed by atoms with E-state index in [0.29, 0.717) is 16.8 Å². The van der Waals surface area contributed by atoms with Crippen molar-refractivity contribution in [1.82, 2.24) is 15.2 Å². The van der Waals surface area contributed by atoms with Crippen LogP contribution in [0.4, 0.5) is 5.69 Å².